The van der Waals surface area contributed by atoms with E-state index in [4.69, 9.17) is 0 Å². The normalized spacial score (nSPS) is 23.2. The van der Waals surface area contributed by atoms with Crippen molar-refractivity contribution in [2.75, 3.05) is 0 Å². The van der Waals surface area contributed by atoms with E-state index in [0.717, 1.165) is 36.8 Å². The molecule has 0 bridgehead atoms. The fourth-order valence-electron chi connectivity index (χ4n) is 4.63. The van der Waals surface area contributed by atoms with E-state index in [1.165, 1.54) is 24.0 Å². The van der Waals surface area contributed by atoms with Crippen LogP contribution < -0.4 is 0 Å². The number of benzene rings is 1. The minimum atomic E-state index is 0.161. The number of rotatable bonds is 4. The second-order valence-corrected chi connectivity index (χ2v) is 7.93. The van der Waals surface area contributed by atoms with Gasteiger partial charge >= 0.3 is 0 Å². The lowest BCUT2D eigenvalue weighted by molar-refractivity contribution is 0.0884. The fraction of sp³-hybridized carbons (Fsp3) is 0.391. The number of aromatic nitrogens is 2. The average molecular weight is 344 g/mol. The van der Waals surface area contributed by atoms with Crippen LogP contribution in [0.1, 0.15) is 71.8 Å². The van der Waals surface area contributed by atoms with Gasteiger partial charge in [0.2, 0.25) is 0 Å². The summed E-state index contributed by atoms with van der Waals surface area (Å²) in [6.07, 6.45) is 12.4. The predicted octanol–water partition coefficient (Wildman–Crippen LogP) is 5.37. The molecule has 0 radical (unpaired) electrons. The van der Waals surface area contributed by atoms with E-state index in [1.807, 2.05) is 10.6 Å². The van der Waals surface area contributed by atoms with Crippen LogP contribution in [-0.2, 0) is 0 Å². The number of carbonyl (C=O) groups is 1. The highest BCUT2D eigenvalue weighted by Gasteiger charge is 2.34. The Hall–Kier alpha value is -2.42. The Kier molecular flexibility index (Phi) is 3.88. The number of pyridine rings is 1. The van der Waals surface area contributed by atoms with Crippen LogP contribution in [0.2, 0.25) is 0 Å². The van der Waals surface area contributed by atoms with Gasteiger partial charge in [0.25, 0.3) is 0 Å². The Morgan fingerprint density at radius 1 is 0.923 bits per heavy atom. The van der Waals surface area contributed by atoms with Crippen molar-refractivity contribution in [1.82, 2.24) is 9.38 Å². The smallest absolute Gasteiger partial charge is 0.168 e. The van der Waals surface area contributed by atoms with Crippen LogP contribution in [0.5, 0.6) is 0 Å². The molecule has 0 amide bonds. The molecule has 0 N–H and O–H groups in total. The van der Waals surface area contributed by atoms with Gasteiger partial charge in [0, 0.05) is 17.7 Å². The van der Waals surface area contributed by atoms with Crippen LogP contribution in [0.3, 0.4) is 0 Å². The molecule has 2 fully saturated rings. The largest absolute Gasteiger partial charge is 0.306 e. The number of carbonyl (C=O) groups excluding carboxylic acids is 1. The molecule has 2 aliphatic rings. The quantitative estimate of drug-likeness (QED) is 0.596. The van der Waals surface area contributed by atoms with E-state index in [-0.39, 0.29) is 5.92 Å². The van der Waals surface area contributed by atoms with Crippen LogP contribution in [-0.4, -0.2) is 15.2 Å². The Morgan fingerprint density at radius 3 is 2.38 bits per heavy atom. The minimum absolute atomic E-state index is 0.161. The van der Waals surface area contributed by atoms with Crippen molar-refractivity contribution in [1.29, 1.82) is 0 Å². The zero-order valence-electron chi connectivity index (χ0n) is 15.0. The Labute approximate surface area is 154 Å². The third-order valence-electron chi connectivity index (χ3n) is 6.26. The lowest BCUT2D eigenvalue weighted by Crippen LogP contribution is -2.22. The number of hydrogen-bond donors (Lipinski definition) is 0. The van der Waals surface area contributed by atoms with Crippen LogP contribution in [0.4, 0.5) is 0 Å². The lowest BCUT2D eigenvalue weighted by atomic mass is 9.75. The van der Waals surface area contributed by atoms with Gasteiger partial charge in [-0.15, -0.1) is 0 Å². The molecule has 2 aliphatic carbocycles. The lowest BCUT2D eigenvalue weighted by Gasteiger charge is -2.28. The van der Waals surface area contributed by atoms with Gasteiger partial charge in [0.1, 0.15) is 0 Å². The van der Waals surface area contributed by atoms with Crippen molar-refractivity contribution in [2.24, 2.45) is 5.92 Å². The van der Waals surface area contributed by atoms with Gasteiger partial charge in [-0.1, -0.05) is 30.3 Å². The summed E-state index contributed by atoms with van der Waals surface area (Å²) in [5.41, 5.74) is 4.63. The van der Waals surface area contributed by atoms with E-state index < -0.39 is 0 Å². The second-order valence-electron chi connectivity index (χ2n) is 7.93. The third-order valence-corrected chi connectivity index (χ3v) is 6.26. The van der Waals surface area contributed by atoms with Crippen LogP contribution in [0, 0.1) is 5.92 Å². The molecule has 0 aliphatic heterocycles. The molecule has 2 aromatic heterocycles. The summed E-state index contributed by atoms with van der Waals surface area (Å²) < 4.78 is 1.99. The third kappa shape index (κ3) is 2.76. The summed E-state index contributed by atoms with van der Waals surface area (Å²) >= 11 is 0. The number of ketones is 1. The topological polar surface area (TPSA) is 34.4 Å². The summed E-state index contributed by atoms with van der Waals surface area (Å²) in [5, 5.41) is 0. The molecular weight excluding hydrogens is 320 g/mol. The number of imidazole rings is 1. The van der Waals surface area contributed by atoms with Gasteiger partial charge in [0.15, 0.2) is 5.78 Å². The van der Waals surface area contributed by atoms with Crippen LogP contribution >= 0.6 is 0 Å². The van der Waals surface area contributed by atoms with E-state index in [1.54, 1.807) is 6.33 Å². The Morgan fingerprint density at radius 2 is 1.65 bits per heavy atom. The van der Waals surface area contributed by atoms with Gasteiger partial charge in [-0.05, 0) is 67.6 Å². The Balaban J connectivity index is 1.40. The van der Waals surface area contributed by atoms with Gasteiger partial charge < -0.3 is 4.40 Å². The fourth-order valence-corrected chi connectivity index (χ4v) is 4.63. The van der Waals surface area contributed by atoms with E-state index in [2.05, 4.69) is 47.6 Å². The summed E-state index contributed by atoms with van der Waals surface area (Å²) in [6.45, 7) is 0. The summed E-state index contributed by atoms with van der Waals surface area (Å²) in [5.74, 6) is 1.70. The molecule has 1 aromatic carbocycles. The number of hydrogen-bond acceptors (Lipinski definition) is 2. The molecule has 0 spiro atoms. The summed E-state index contributed by atoms with van der Waals surface area (Å²) in [6, 6.07) is 12.9. The maximum atomic E-state index is 13.5. The van der Waals surface area contributed by atoms with Crippen molar-refractivity contribution in [3.8, 4) is 0 Å². The first-order valence-electron chi connectivity index (χ1n) is 9.85. The molecule has 0 atom stereocenters. The number of nitrogens with zero attached hydrogens (tertiary/aromatic N) is 2. The minimum Gasteiger partial charge on any atom is -0.306 e. The zero-order valence-corrected chi connectivity index (χ0v) is 15.0. The van der Waals surface area contributed by atoms with Crippen molar-refractivity contribution in [3.63, 3.8) is 0 Å². The average Bonchev–Trinajstić information content (AvgIpc) is 3.44. The van der Waals surface area contributed by atoms with Crippen molar-refractivity contribution in [3.05, 3.63) is 71.8 Å². The highest BCUT2D eigenvalue weighted by molar-refractivity contribution is 6.05. The molecule has 5 rings (SSSR count). The predicted molar refractivity (Wildman–Crippen MR) is 103 cm³/mol. The monoisotopic (exact) mass is 344 g/mol. The van der Waals surface area contributed by atoms with Gasteiger partial charge in [-0.2, -0.15) is 0 Å². The first-order valence-corrected chi connectivity index (χ1v) is 9.85. The first-order chi connectivity index (χ1) is 12.8. The molecule has 26 heavy (non-hydrogen) atoms. The van der Waals surface area contributed by atoms with Crippen molar-refractivity contribution < 1.29 is 4.79 Å². The highest BCUT2D eigenvalue weighted by atomic mass is 16.1. The van der Waals surface area contributed by atoms with Crippen LogP contribution in [0.15, 0.2) is 55.1 Å². The molecule has 3 heteroatoms. The number of Topliss-reactive ketones (excluding diaryl/α,β-unsaturated/α-hetero) is 1. The molecule has 2 saturated carbocycles. The molecule has 3 aromatic rings. The Bertz CT molecular complexity index is 931. The first kappa shape index (κ1) is 15.8. The number of fused-ring (bicyclic) bond motifs is 1. The molecule has 132 valence electrons. The van der Waals surface area contributed by atoms with Gasteiger partial charge in [-0.25, -0.2) is 4.98 Å². The van der Waals surface area contributed by atoms with Crippen LogP contribution in [0.25, 0.3) is 5.52 Å². The van der Waals surface area contributed by atoms with Crippen molar-refractivity contribution >= 4 is 11.3 Å². The summed E-state index contributed by atoms with van der Waals surface area (Å²) in [7, 11) is 0. The van der Waals surface area contributed by atoms with E-state index in [9.17, 15) is 4.79 Å². The SMILES string of the molecule is O=C(c1c(C2CC2)ccn2cncc12)C1CCC(c2ccccc2)CC1. The van der Waals surface area contributed by atoms with E-state index in [0.29, 0.717) is 17.6 Å². The standard InChI is InChI=1S/C23H24N2O/c26-23(19-10-6-17(7-11-19)16-4-2-1-3-5-16)22-20(18-8-9-18)12-13-25-15-24-14-21(22)25/h1-5,12-15,17-19H,6-11H2. The molecular formula is C23H24N2O. The zero-order chi connectivity index (χ0) is 17.5. The molecule has 3 nitrogen and oxygen atoms in total. The second kappa shape index (κ2) is 6.39. The van der Waals surface area contributed by atoms with Gasteiger partial charge in [-0.3, -0.25) is 4.79 Å². The highest BCUT2D eigenvalue weighted by Crippen LogP contribution is 2.44. The maximum Gasteiger partial charge on any atom is 0.168 e. The molecule has 2 heterocycles. The maximum absolute atomic E-state index is 13.5. The summed E-state index contributed by atoms with van der Waals surface area (Å²) in [4.78, 5) is 17.7. The molecule has 0 unspecified atom stereocenters. The van der Waals surface area contributed by atoms with E-state index >= 15 is 0 Å². The molecule has 0 saturated heterocycles. The van der Waals surface area contributed by atoms with Gasteiger partial charge in [0.05, 0.1) is 18.0 Å². The van der Waals surface area contributed by atoms with Crippen molar-refractivity contribution in [2.45, 2.75) is 50.4 Å².